The first-order valence-electron chi connectivity index (χ1n) is 3.92. The minimum absolute atomic E-state index is 0.233. The summed E-state index contributed by atoms with van der Waals surface area (Å²) >= 11 is 0. The van der Waals surface area contributed by atoms with Gasteiger partial charge in [0, 0.05) is 12.6 Å². The first-order chi connectivity index (χ1) is 5.86. The van der Waals surface area contributed by atoms with Crippen molar-refractivity contribution in [1.82, 2.24) is 5.43 Å². The number of hydrogen-bond acceptors (Lipinski definition) is 3. The van der Waals surface area contributed by atoms with Gasteiger partial charge in [-0.05, 0) is 17.7 Å². The van der Waals surface area contributed by atoms with Crippen LogP contribution in [0.4, 0.5) is 0 Å². The quantitative estimate of drug-likeness (QED) is 0.655. The Labute approximate surface area is 70.7 Å². The Morgan fingerprint density at radius 2 is 2.42 bits per heavy atom. The van der Waals surface area contributed by atoms with E-state index in [1.54, 1.807) is 12.1 Å². The van der Waals surface area contributed by atoms with Gasteiger partial charge in [-0.25, -0.2) is 0 Å². The second-order valence-electron chi connectivity index (χ2n) is 2.82. The van der Waals surface area contributed by atoms with Crippen LogP contribution in [0.3, 0.4) is 0 Å². The summed E-state index contributed by atoms with van der Waals surface area (Å²) in [6, 6.07) is 7.47. The topological polar surface area (TPSA) is 44.6 Å². The molecule has 1 atom stereocenters. The minimum Gasteiger partial charge on any atom is -0.508 e. The van der Waals surface area contributed by atoms with Crippen LogP contribution in [0, 0.1) is 0 Å². The van der Waals surface area contributed by atoms with Crippen molar-refractivity contribution in [3.8, 4) is 5.75 Å². The first-order valence-corrected chi connectivity index (χ1v) is 3.92. The fraction of sp³-hybridized carbons (Fsp3) is 0.222. The van der Waals surface area contributed by atoms with E-state index in [2.05, 4.69) is 10.5 Å². The van der Waals surface area contributed by atoms with Crippen molar-refractivity contribution in [1.29, 1.82) is 0 Å². The SMILES string of the molecule is Oc1cccc(C2CC=NN2)c1. The van der Waals surface area contributed by atoms with E-state index in [9.17, 15) is 5.11 Å². The van der Waals surface area contributed by atoms with Crippen LogP contribution in [-0.2, 0) is 0 Å². The van der Waals surface area contributed by atoms with E-state index in [1.165, 1.54) is 0 Å². The van der Waals surface area contributed by atoms with Gasteiger partial charge in [-0.1, -0.05) is 12.1 Å². The summed E-state index contributed by atoms with van der Waals surface area (Å²) in [6.07, 6.45) is 2.73. The maximum Gasteiger partial charge on any atom is 0.115 e. The molecule has 0 saturated heterocycles. The van der Waals surface area contributed by atoms with Crippen molar-refractivity contribution in [2.45, 2.75) is 12.5 Å². The highest BCUT2D eigenvalue weighted by Gasteiger charge is 2.12. The molecule has 0 saturated carbocycles. The van der Waals surface area contributed by atoms with Crippen molar-refractivity contribution < 1.29 is 5.11 Å². The number of nitrogens with zero attached hydrogens (tertiary/aromatic N) is 1. The van der Waals surface area contributed by atoms with E-state index in [0.29, 0.717) is 5.75 Å². The normalized spacial score (nSPS) is 20.8. The van der Waals surface area contributed by atoms with Crippen LogP contribution < -0.4 is 5.43 Å². The van der Waals surface area contributed by atoms with Crippen LogP contribution in [0.1, 0.15) is 18.0 Å². The van der Waals surface area contributed by atoms with E-state index in [1.807, 2.05) is 18.3 Å². The monoisotopic (exact) mass is 162 g/mol. The molecule has 1 aliphatic heterocycles. The van der Waals surface area contributed by atoms with Crippen LogP contribution in [0.2, 0.25) is 0 Å². The number of phenolic OH excluding ortho intramolecular Hbond substituents is 1. The molecule has 3 heteroatoms. The van der Waals surface area contributed by atoms with E-state index < -0.39 is 0 Å². The Kier molecular flexibility index (Phi) is 1.70. The maximum absolute atomic E-state index is 9.20. The van der Waals surface area contributed by atoms with Crippen molar-refractivity contribution in [2.75, 3.05) is 0 Å². The molecule has 1 heterocycles. The molecular weight excluding hydrogens is 152 g/mol. The van der Waals surface area contributed by atoms with Crippen molar-refractivity contribution in [3.63, 3.8) is 0 Å². The van der Waals surface area contributed by atoms with E-state index in [0.717, 1.165) is 12.0 Å². The molecule has 62 valence electrons. The number of hydrazone groups is 1. The van der Waals surface area contributed by atoms with Crippen LogP contribution in [0.5, 0.6) is 5.75 Å². The highest BCUT2D eigenvalue weighted by Crippen LogP contribution is 2.21. The number of benzene rings is 1. The number of nitrogens with one attached hydrogen (secondary N) is 1. The summed E-state index contributed by atoms with van der Waals surface area (Å²) in [4.78, 5) is 0. The van der Waals surface area contributed by atoms with Gasteiger partial charge in [-0.2, -0.15) is 5.10 Å². The minimum atomic E-state index is 0.233. The summed E-state index contributed by atoms with van der Waals surface area (Å²) in [5, 5.41) is 13.1. The van der Waals surface area contributed by atoms with E-state index in [4.69, 9.17) is 0 Å². The molecule has 0 amide bonds. The Bertz CT molecular complexity index is 301. The molecule has 1 aromatic carbocycles. The van der Waals surface area contributed by atoms with Gasteiger partial charge in [-0.15, -0.1) is 0 Å². The van der Waals surface area contributed by atoms with Gasteiger partial charge < -0.3 is 10.5 Å². The van der Waals surface area contributed by atoms with Crippen molar-refractivity contribution in [3.05, 3.63) is 29.8 Å². The molecular formula is C9H10N2O. The first kappa shape index (κ1) is 7.16. The van der Waals surface area contributed by atoms with Gasteiger partial charge in [0.1, 0.15) is 5.75 Å². The lowest BCUT2D eigenvalue weighted by atomic mass is 10.1. The molecule has 2 N–H and O–H groups in total. The average molecular weight is 162 g/mol. The predicted octanol–water partition coefficient (Wildman–Crippen LogP) is 1.41. The molecule has 3 nitrogen and oxygen atoms in total. The third-order valence-electron chi connectivity index (χ3n) is 1.94. The molecule has 0 bridgehead atoms. The van der Waals surface area contributed by atoms with Gasteiger partial charge in [0.05, 0.1) is 6.04 Å². The van der Waals surface area contributed by atoms with Crippen LogP contribution in [0.25, 0.3) is 0 Å². The molecule has 0 fully saturated rings. The zero-order chi connectivity index (χ0) is 8.39. The molecule has 1 aliphatic rings. The molecule has 12 heavy (non-hydrogen) atoms. The zero-order valence-corrected chi connectivity index (χ0v) is 6.57. The summed E-state index contributed by atoms with van der Waals surface area (Å²) in [5.74, 6) is 0.307. The lowest BCUT2D eigenvalue weighted by molar-refractivity contribution is 0.472. The number of hydrogen-bond donors (Lipinski definition) is 2. The molecule has 0 aliphatic carbocycles. The lowest BCUT2D eigenvalue weighted by Gasteiger charge is -2.09. The van der Waals surface area contributed by atoms with E-state index in [-0.39, 0.29) is 6.04 Å². The van der Waals surface area contributed by atoms with Gasteiger partial charge >= 0.3 is 0 Å². The fourth-order valence-electron chi connectivity index (χ4n) is 1.31. The molecule has 1 unspecified atom stereocenters. The second-order valence-corrected chi connectivity index (χ2v) is 2.82. The Hall–Kier alpha value is -1.51. The van der Waals surface area contributed by atoms with Crippen molar-refractivity contribution in [2.24, 2.45) is 5.10 Å². The third-order valence-corrected chi connectivity index (χ3v) is 1.94. The third kappa shape index (κ3) is 1.25. The summed E-state index contributed by atoms with van der Waals surface area (Å²) in [7, 11) is 0. The van der Waals surface area contributed by atoms with Gasteiger partial charge in [0.25, 0.3) is 0 Å². The maximum atomic E-state index is 9.20. The van der Waals surface area contributed by atoms with Crippen LogP contribution in [-0.4, -0.2) is 11.3 Å². The van der Waals surface area contributed by atoms with Crippen molar-refractivity contribution >= 4 is 6.21 Å². The highest BCUT2D eigenvalue weighted by molar-refractivity contribution is 5.60. The standard InChI is InChI=1S/C9H10N2O/c12-8-3-1-2-7(6-8)9-4-5-10-11-9/h1-3,5-6,9,11-12H,4H2. The molecule has 0 radical (unpaired) electrons. The second kappa shape index (κ2) is 2.85. The van der Waals surface area contributed by atoms with Crippen LogP contribution >= 0.6 is 0 Å². The predicted molar refractivity (Wildman–Crippen MR) is 47.1 cm³/mol. The lowest BCUT2D eigenvalue weighted by Crippen LogP contribution is -2.08. The van der Waals surface area contributed by atoms with Gasteiger partial charge in [-0.3, -0.25) is 0 Å². The smallest absolute Gasteiger partial charge is 0.115 e. The van der Waals surface area contributed by atoms with E-state index >= 15 is 0 Å². The number of phenols is 1. The zero-order valence-electron chi connectivity index (χ0n) is 6.57. The number of aromatic hydroxyl groups is 1. The Morgan fingerprint density at radius 3 is 3.08 bits per heavy atom. The molecule has 0 aromatic heterocycles. The number of rotatable bonds is 1. The van der Waals surface area contributed by atoms with Gasteiger partial charge in [0.15, 0.2) is 0 Å². The molecule has 0 spiro atoms. The average Bonchev–Trinajstić information content (AvgIpc) is 2.56. The van der Waals surface area contributed by atoms with Gasteiger partial charge in [0.2, 0.25) is 0 Å². The largest absolute Gasteiger partial charge is 0.508 e. The molecule has 1 aromatic rings. The highest BCUT2D eigenvalue weighted by atomic mass is 16.3. The summed E-state index contributed by atoms with van der Waals surface area (Å²) in [6.45, 7) is 0. The molecule has 2 rings (SSSR count). The summed E-state index contributed by atoms with van der Waals surface area (Å²) in [5.41, 5.74) is 4.03. The van der Waals surface area contributed by atoms with Crippen LogP contribution in [0.15, 0.2) is 29.4 Å². The fourth-order valence-corrected chi connectivity index (χ4v) is 1.31. The Morgan fingerprint density at radius 1 is 1.50 bits per heavy atom. The summed E-state index contributed by atoms with van der Waals surface area (Å²) < 4.78 is 0. The Balaban J connectivity index is 2.22.